The Labute approximate surface area is 146 Å². The topological polar surface area (TPSA) is 67.2 Å². The molecule has 0 spiro atoms. The van der Waals surface area contributed by atoms with Crippen LogP contribution in [0.1, 0.15) is 31.4 Å². The average Bonchev–Trinajstić information content (AvgIpc) is 3.44. The van der Waals surface area contributed by atoms with Crippen LogP contribution in [0.5, 0.6) is 0 Å². The number of piperidine rings is 1. The molecule has 4 rings (SSSR count). The van der Waals surface area contributed by atoms with E-state index in [0.717, 1.165) is 49.9 Å². The number of hydrogen-bond donors (Lipinski definition) is 1. The first-order valence-corrected chi connectivity index (χ1v) is 9.11. The van der Waals surface area contributed by atoms with E-state index in [2.05, 4.69) is 15.3 Å². The maximum Gasteiger partial charge on any atom is 0.275 e. The van der Waals surface area contributed by atoms with Crippen LogP contribution in [0.2, 0.25) is 0 Å². The van der Waals surface area contributed by atoms with Crippen molar-refractivity contribution in [2.75, 3.05) is 13.1 Å². The van der Waals surface area contributed by atoms with E-state index in [0.29, 0.717) is 18.1 Å². The van der Waals surface area contributed by atoms with Gasteiger partial charge in [0.15, 0.2) is 0 Å². The minimum absolute atomic E-state index is 0.0465. The number of likely N-dealkylation sites (tertiary alicyclic amines) is 1. The Hall–Kier alpha value is -2.21. The highest BCUT2D eigenvalue weighted by atomic mass is 16.2. The fraction of sp³-hybridized carbons (Fsp3) is 0.526. The van der Waals surface area contributed by atoms with Crippen LogP contribution in [-0.2, 0) is 11.5 Å². The second-order valence-electron chi connectivity index (χ2n) is 7.25. The molecule has 0 bridgehead atoms. The monoisotopic (exact) mass is 340 g/mol. The molecule has 1 saturated heterocycles. The van der Waals surface area contributed by atoms with Crippen molar-refractivity contribution in [2.45, 2.75) is 45.3 Å². The number of aromatic nitrogens is 2. The summed E-state index contributed by atoms with van der Waals surface area (Å²) in [6.07, 6.45) is 3.95. The molecule has 2 aromatic rings. The minimum atomic E-state index is -0.0465. The number of carbonyl (C=O) groups excluding carboxylic acids is 1. The molecule has 132 valence electrons. The van der Waals surface area contributed by atoms with Gasteiger partial charge < -0.3 is 5.32 Å². The molecule has 1 aliphatic heterocycles. The van der Waals surface area contributed by atoms with E-state index in [1.165, 1.54) is 0 Å². The number of aryl methyl sites for hydroxylation is 1. The van der Waals surface area contributed by atoms with Crippen LogP contribution in [0, 0.1) is 12.8 Å². The van der Waals surface area contributed by atoms with Crippen LogP contribution in [0.4, 0.5) is 0 Å². The van der Waals surface area contributed by atoms with Crippen molar-refractivity contribution < 1.29 is 4.79 Å². The Morgan fingerprint density at radius 1 is 1.16 bits per heavy atom. The molecule has 6 nitrogen and oxygen atoms in total. The van der Waals surface area contributed by atoms with E-state index in [9.17, 15) is 9.59 Å². The van der Waals surface area contributed by atoms with Crippen molar-refractivity contribution >= 4 is 16.7 Å². The first-order chi connectivity index (χ1) is 12.1. The summed E-state index contributed by atoms with van der Waals surface area (Å²) in [6, 6.07) is 8.04. The molecular weight excluding hydrogens is 316 g/mol. The van der Waals surface area contributed by atoms with E-state index >= 15 is 0 Å². The van der Waals surface area contributed by atoms with Gasteiger partial charge in [-0.05, 0) is 38.7 Å². The molecule has 2 fully saturated rings. The van der Waals surface area contributed by atoms with Crippen molar-refractivity contribution in [1.29, 1.82) is 0 Å². The van der Waals surface area contributed by atoms with Gasteiger partial charge in [0, 0.05) is 30.4 Å². The predicted molar refractivity (Wildman–Crippen MR) is 96.2 cm³/mol. The van der Waals surface area contributed by atoms with Gasteiger partial charge in [-0.15, -0.1) is 0 Å². The fourth-order valence-corrected chi connectivity index (χ4v) is 3.57. The summed E-state index contributed by atoms with van der Waals surface area (Å²) in [6.45, 7) is 4.07. The van der Waals surface area contributed by atoms with E-state index in [-0.39, 0.29) is 17.4 Å². The normalized spacial score (nSPS) is 19.2. The first kappa shape index (κ1) is 16.3. The molecule has 1 N–H and O–H groups in total. The Kier molecular flexibility index (Phi) is 4.29. The number of amides is 1. The highest BCUT2D eigenvalue weighted by Crippen LogP contribution is 2.23. The third-order valence-electron chi connectivity index (χ3n) is 5.27. The highest BCUT2D eigenvalue weighted by molar-refractivity contribution is 5.83. The number of rotatable bonds is 4. The molecule has 0 unspecified atom stereocenters. The molecule has 2 aliphatic rings. The van der Waals surface area contributed by atoms with Crippen LogP contribution in [0.3, 0.4) is 0 Å². The largest absolute Gasteiger partial charge is 0.353 e. The molecule has 1 saturated carbocycles. The maximum atomic E-state index is 12.7. The lowest BCUT2D eigenvalue weighted by Crippen LogP contribution is -2.43. The second-order valence-corrected chi connectivity index (χ2v) is 7.25. The van der Waals surface area contributed by atoms with Crippen molar-refractivity contribution in [3.8, 4) is 0 Å². The lowest BCUT2D eigenvalue weighted by Gasteiger charge is -2.31. The third kappa shape index (κ3) is 3.44. The van der Waals surface area contributed by atoms with E-state index in [4.69, 9.17) is 0 Å². The molecule has 1 aliphatic carbocycles. The molecule has 25 heavy (non-hydrogen) atoms. The summed E-state index contributed by atoms with van der Waals surface area (Å²) in [4.78, 5) is 27.0. The Morgan fingerprint density at radius 3 is 2.52 bits per heavy atom. The van der Waals surface area contributed by atoms with Crippen LogP contribution in [0.25, 0.3) is 10.8 Å². The van der Waals surface area contributed by atoms with Gasteiger partial charge in [-0.25, -0.2) is 4.68 Å². The number of hydrogen-bond acceptors (Lipinski definition) is 4. The number of fused-ring (bicyclic) bond motifs is 1. The van der Waals surface area contributed by atoms with Crippen molar-refractivity contribution in [1.82, 2.24) is 20.0 Å². The SMILES string of the molecule is Cc1nn(CN2CCC(C(=O)NC3CC3)CC2)c(=O)c2ccccc12. The van der Waals surface area contributed by atoms with Gasteiger partial charge >= 0.3 is 0 Å². The molecule has 6 heteroatoms. The van der Waals surface area contributed by atoms with E-state index in [1.54, 1.807) is 4.68 Å². The van der Waals surface area contributed by atoms with Gasteiger partial charge in [-0.2, -0.15) is 5.10 Å². The number of nitrogens with zero attached hydrogens (tertiary/aromatic N) is 3. The summed E-state index contributed by atoms with van der Waals surface area (Å²) in [7, 11) is 0. The second kappa shape index (κ2) is 6.59. The summed E-state index contributed by atoms with van der Waals surface area (Å²) >= 11 is 0. The Balaban J connectivity index is 1.43. The van der Waals surface area contributed by atoms with Gasteiger partial charge in [0.2, 0.25) is 5.91 Å². The highest BCUT2D eigenvalue weighted by Gasteiger charge is 2.30. The smallest absolute Gasteiger partial charge is 0.275 e. The molecule has 1 aromatic carbocycles. The summed E-state index contributed by atoms with van der Waals surface area (Å²) in [5, 5.41) is 9.21. The van der Waals surface area contributed by atoms with Crippen LogP contribution >= 0.6 is 0 Å². The van der Waals surface area contributed by atoms with Crippen LogP contribution in [0.15, 0.2) is 29.1 Å². The molecular formula is C19H24N4O2. The molecule has 0 atom stereocenters. The van der Waals surface area contributed by atoms with Gasteiger partial charge in [-0.1, -0.05) is 18.2 Å². The Bertz CT molecular complexity index is 848. The predicted octanol–water partition coefficient (Wildman–Crippen LogP) is 1.65. The van der Waals surface area contributed by atoms with Crippen molar-refractivity contribution in [2.24, 2.45) is 5.92 Å². The molecule has 1 amide bonds. The molecule has 0 radical (unpaired) electrons. The fourth-order valence-electron chi connectivity index (χ4n) is 3.57. The van der Waals surface area contributed by atoms with E-state index in [1.807, 2.05) is 31.2 Å². The lowest BCUT2D eigenvalue weighted by atomic mass is 9.96. The zero-order valence-corrected chi connectivity index (χ0v) is 14.6. The first-order valence-electron chi connectivity index (χ1n) is 9.11. The third-order valence-corrected chi connectivity index (χ3v) is 5.27. The van der Waals surface area contributed by atoms with E-state index < -0.39 is 0 Å². The minimum Gasteiger partial charge on any atom is -0.353 e. The number of nitrogens with one attached hydrogen (secondary N) is 1. The van der Waals surface area contributed by atoms with Gasteiger partial charge in [0.1, 0.15) is 0 Å². The zero-order chi connectivity index (χ0) is 17.4. The molecule has 1 aromatic heterocycles. The number of carbonyl (C=O) groups is 1. The summed E-state index contributed by atoms with van der Waals surface area (Å²) in [5.74, 6) is 0.318. The number of benzene rings is 1. The lowest BCUT2D eigenvalue weighted by molar-refractivity contribution is -0.126. The molecule has 2 heterocycles. The summed E-state index contributed by atoms with van der Waals surface area (Å²) < 4.78 is 1.56. The maximum absolute atomic E-state index is 12.7. The van der Waals surface area contributed by atoms with Crippen molar-refractivity contribution in [3.63, 3.8) is 0 Å². The van der Waals surface area contributed by atoms with Gasteiger partial charge in [0.25, 0.3) is 5.56 Å². The van der Waals surface area contributed by atoms with Gasteiger partial charge in [-0.3, -0.25) is 14.5 Å². The van der Waals surface area contributed by atoms with Gasteiger partial charge in [0.05, 0.1) is 17.7 Å². The van der Waals surface area contributed by atoms with Crippen molar-refractivity contribution in [3.05, 3.63) is 40.3 Å². The standard InChI is InChI=1S/C19H24N4O2/c1-13-16-4-2-3-5-17(16)19(25)23(21-13)12-22-10-8-14(9-11-22)18(24)20-15-6-7-15/h2-5,14-15H,6-12H2,1H3,(H,20,24). The van der Waals surface area contributed by atoms with Crippen LogP contribution < -0.4 is 10.9 Å². The summed E-state index contributed by atoms with van der Waals surface area (Å²) in [5.41, 5.74) is 0.823. The zero-order valence-electron chi connectivity index (χ0n) is 14.6. The average molecular weight is 340 g/mol. The van der Waals surface area contributed by atoms with Crippen LogP contribution in [-0.4, -0.2) is 39.7 Å². The Morgan fingerprint density at radius 2 is 1.84 bits per heavy atom. The quantitative estimate of drug-likeness (QED) is 0.919.